The van der Waals surface area contributed by atoms with Crippen molar-refractivity contribution in [1.29, 1.82) is 0 Å². The topological polar surface area (TPSA) is 0 Å². The lowest BCUT2D eigenvalue weighted by molar-refractivity contribution is 1.24. The molecule has 0 aliphatic rings. The average Bonchev–Trinajstić information content (AvgIpc) is 2.41. The predicted octanol–water partition coefficient (Wildman–Crippen LogP) is 4.23. The molecule has 0 heterocycles. The van der Waals surface area contributed by atoms with Crippen molar-refractivity contribution in [1.82, 2.24) is 0 Å². The third kappa shape index (κ3) is 4.01. The van der Waals surface area contributed by atoms with Gasteiger partial charge in [-0.2, -0.15) is 0 Å². The Kier molecular flexibility index (Phi) is 4.97. The molecule has 0 bridgehead atoms. The van der Waals surface area contributed by atoms with Crippen molar-refractivity contribution < 1.29 is 0 Å². The normalized spacial score (nSPS) is 10.5. The molecule has 0 aromatic heterocycles. The largest absolute Gasteiger partial charge is 0.103 e. The van der Waals surface area contributed by atoms with Gasteiger partial charge < -0.3 is 0 Å². The van der Waals surface area contributed by atoms with Crippen molar-refractivity contribution in [2.75, 3.05) is 0 Å². The van der Waals surface area contributed by atoms with Crippen molar-refractivity contribution >= 4 is 8.80 Å². The van der Waals surface area contributed by atoms with Crippen LogP contribution in [0.1, 0.15) is 11.1 Å². The van der Waals surface area contributed by atoms with Gasteiger partial charge in [0, 0.05) is 0 Å². The summed E-state index contributed by atoms with van der Waals surface area (Å²) in [6.07, 6.45) is 2.08. The van der Waals surface area contributed by atoms with Crippen molar-refractivity contribution in [2.24, 2.45) is 0 Å². The van der Waals surface area contributed by atoms with Gasteiger partial charge in [-0.15, -0.1) is 6.58 Å². The fourth-order valence-electron chi connectivity index (χ4n) is 2.18. The minimum Gasteiger partial charge on any atom is -0.103 e. The highest BCUT2D eigenvalue weighted by Crippen LogP contribution is 2.11. The predicted molar refractivity (Wildman–Crippen MR) is 81.1 cm³/mol. The lowest BCUT2D eigenvalue weighted by atomic mass is 10.2. The Labute approximate surface area is 112 Å². The Bertz CT molecular complexity index is 420. The number of hydrogen-bond acceptors (Lipinski definition) is 0. The molecule has 1 radical (unpaired) electrons. The maximum atomic E-state index is 3.91. The first kappa shape index (κ1) is 12.8. The number of allylic oxidation sites excluding steroid dienone is 1. The minimum absolute atomic E-state index is 0.418. The van der Waals surface area contributed by atoms with Crippen LogP contribution in [0.15, 0.2) is 73.3 Å². The molecular weight excluding hydrogens is 232 g/mol. The molecule has 18 heavy (non-hydrogen) atoms. The molecule has 0 saturated carbocycles. The quantitative estimate of drug-likeness (QED) is 0.532. The second-order valence-electron chi connectivity index (χ2n) is 4.57. The van der Waals surface area contributed by atoms with Gasteiger partial charge >= 0.3 is 0 Å². The molecule has 0 saturated heterocycles. The Morgan fingerprint density at radius 2 is 1.22 bits per heavy atom. The summed E-state index contributed by atoms with van der Waals surface area (Å²) in [6.45, 7) is 3.91. The zero-order chi connectivity index (χ0) is 12.6. The molecule has 0 aliphatic carbocycles. The molecule has 0 atom stereocenters. The van der Waals surface area contributed by atoms with Crippen molar-refractivity contribution in [2.45, 2.75) is 18.1 Å². The van der Waals surface area contributed by atoms with E-state index in [1.807, 2.05) is 0 Å². The standard InChI is InChI=1S/C17H19Si/c1-2-13-18(14-16-9-5-3-6-10-16)15-17-11-7-4-8-12-17/h2-12H,1,13-15H2. The fourth-order valence-corrected chi connectivity index (χ4v) is 4.63. The molecule has 2 rings (SSSR count). The monoisotopic (exact) mass is 251 g/mol. The van der Waals surface area contributed by atoms with E-state index in [4.69, 9.17) is 0 Å². The van der Waals surface area contributed by atoms with E-state index in [1.54, 1.807) is 0 Å². The zero-order valence-corrected chi connectivity index (χ0v) is 11.7. The van der Waals surface area contributed by atoms with Gasteiger partial charge in [-0.25, -0.2) is 0 Å². The van der Waals surface area contributed by atoms with Gasteiger partial charge in [-0.05, 0) is 18.1 Å². The van der Waals surface area contributed by atoms with E-state index in [1.165, 1.54) is 29.3 Å². The molecule has 0 aliphatic heterocycles. The van der Waals surface area contributed by atoms with Crippen LogP contribution in [-0.2, 0) is 12.1 Å². The minimum atomic E-state index is -0.418. The van der Waals surface area contributed by atoms with Crippen molar-refractivity contribution in [3.63, 3.8) is 0 Å². The third-order valence-corrected chi connectivity index (χ3v) is 5.71. The van der Waals surface area contributed by atoms with Crippen LogP contribution in [0.2, 0.25) is 6.04 Å². The third-order valence-electron chi connectivity index (χ3n) is 3.03. The van der Waals surface area contributed by atoms with E-state index >= 15 is 0 Å². The van der Waals surface area contributed by atoms with Crippen LogP contribution in [0, 0.1) is 0 Å². The summed E-state index contributed by atoms with van der Waals surface area (Å²) in [5, 5.41) is 0. The Balaban J connectivity index is 2.02. The molecule has 2 aromatic rings. The Hall–Kier alpha value is -1.60. The summed E-state index contributed by atoms with van der Waals surface area (Å²) in [5.41, 5.74) is 2.92. The lowest BCUT2D eigenvalue weighted by Gasteiger charge is -2.13. The van der Waals surface area contributed by atoms with Crippen LogP contribution >= 0.6 is 0 Å². The van der Waals surface area contributed by atoms with Crippen molar-refractivity contribution in [3.8, 4) is 0 Å². The van der Waals surface area contributed by atoms with Gasteiger partial charge in [-0.3, -0.25) is 0 Å². The van der Waals surface area contributed by atoms with E-state index in [9.17, 15) is 0 Å². The lowest BCUT2D eigenvalue weighted by Crippen LogP contribution is -2.19. The molecule has 0 fully saturated rings. The Morgan fingerprint density at radius 3 is 1.61 bits per heavy atom. The van der Waals surface area contributed by atoms with Crippen LogP contribution in [0.3, 0.4) is 0 Å². The molecular formula is C17H19Si. The maximum absolute atomic E-state index is 3.91. The summed E-state index contributed by atoms with van der Waals surface area (Å²) >= 11 is 0. The van der Waals surface area contributed by atoms with E-state index in [-0.39, 0.29) is 0 Å². The van der Waals surface area contributed by atoms with Gasteiger partial charge in [0.05, 0.1) is 8.80 Å². The Morgan fingerprint density at radius 1 is 0.778 bits per heavy atom. The number of benzene rings is 2. The van der Waals surface area contributed by atoms with Gasteiger partial charge in [0.15, 0.2) is 0 Å². The first-order chi connectivity index (χ1) is 8.88. The average molecular weight is 251 g/mol. The molecule has 0 N–H and O–H groups in total. The van der Waals surface area contributed by atoms with Gasteiger partial charge in [0.2, 0.25) is 0 Å². The van der Waals surface area contributed by atoms with Gasteiger partial charge in [-0.1, -0.05) is 77.9 Å². The summed E-state index contributed by atoms with van der Waals surface area (Å²) in [4.78, 5) is 0. The van der Waals surface area contributed by atoms with E-state index in [0.29, 0.717) is 0 Å². The molecule has 0 nitrogen and oxygen atoms in total. The summed E-state index contributed by atoms with van der Waals surface area (Å²) in [7, 11) is -0.418. The number of rotatable bonds is 6. The smallest absolute Gasteiger partial charge is 0.0611 e. The van der Waals surface area contributed by atoms with Crippen molar-refractivity contribution in [3.05, 3.63) is 84.4 Å². The zero-order valence-electron chi connectivity index (χ0n) is 10.7. The summed E-state index contributed by atoms with van der Waals surface area (Å²) in [5.74, 6) is 0. The molecule has 0 amide bonds. The second-order valence-corrected chi connectivity index (χ2v) is 7.18. The molecule has 1 heteroatoms. The second kappa shape index (κ2) is 6.97. The molecule has 2 aromatic carbocycles. The number of hydrogen-bond donors (Lipinski definition) is 0. The first-order valence-electron chi connectivity index (χ1n) is 6.41. The van der Waals surface area contributed by atoms with E-state index in [2.05, 4.69) is 73.3 Å². The van der Waals surface area contributed by atoms with E-state index in [0.717, 1.165) is 0 Å². The van der Waals surface area contributed by atoms with Crippen LogP contribution in [0.25, 0.3) is 0 Å². The maximum Gasteiger partial charge on any atom is 0.0611 e. The van der Waals surface area contributed by atoms with E-state index < -0.39 is 8.80 Å². The van der Waals surface area contributed by atoms with Crippen LogP contribution in [-0.4, -0.2) is 8.80 Å². The highest BCUT2D eigenvalue weighted by atomic mass is 28.3. The molecule has 0 spiro atoms. The first-order valence-corrected chi connectivity index (χ1v) is 8.53. The SMILES string of the molecule is C=CC[Si](Cc1ccccc1)Cc1ccccc1. The van der Waals surface area contributed by atoms with Gasteiger partial charge in [0.1, 0.15) is 0 Å². The van der Waals surface area contributed by atoms with Gasteiger partial charge in [0.25, 0.3) is 0 Å². The highest BCUT2D eigenvalue weighted by Gasteiger charge is 2.11. The highest BCUT2D eigenvalue weighted by molar-refractivity contribution is 6.58. The fraction of sp³-hybridized carbons (Fsp3) is 0.176. The molecule has 91 valence electrons. The summed E-state index contributed by atoms with van der Waals surface area (Å²) in [6, 6.07) is 25.3. The van der Waals surface area contributed by atoms with Crippen LogP contribution in [0.5, 0.6) is 0 Å². The summed E-state index contributed by atoms with van der Waals surface area (Å²) < 4.78 is 0. The van der Waals surface area contributed by atoms with Crippen LogP contribution < -0.4 is 0 Å². The van der Waals surface area contributed by atoms with Crippen LogP contribution in [0.4, 0.5) is 0 Å². The molecule has 0 unspecified atom stereocenters.